The first-order valence-corrected chi connectivity index (χ1v) is 7.22. The maximum atomic E-state index is 13.9. The molecule has 0 N–H and O–H groups in total. The standard InChI is InChI=1S/C15H12BrClF2O2/c1-20-11-7-6-8(15(21-2)13(11)16)14(17)12-9(18)4-3-5-10(12)19/h3-7,14H,1-2H3. The molecule has 0 aliphatic carbocycles. The number of ether oxygens (including phenoxy) is 2. The molecule has 2 nitrogen and oxygen atoms in total. The molecular weight excluding hydrogens is 366 g/mol. The Morgan fingerprint density at radius 2 is 1.67 bits per heavy atom. The Labute approximate surface area is 134 Å². The zero-order valence-electron chi connectivity index (χ0n) is 11.3. The third kappa shape index (κ3) is 2.99. The maximum absolute atomic E-state index is 13.9. The lowest BCUT2D eigenvalue weighted by Crippen LogP contribution is -2.04. The molecular formula is C15H12BrClF2O2. The third-order valence-corrected chi connectivity index (χ3v) is 4.25. The van der Waals surface area contributed by atoms with Crippen molar-refractivity contribution >= 4 is 27.5 Å². The summed E-state index contributed by atoms with van der Waals surface area (Å²) in [6, 6.07) is 6.89. The number of alkyl halides is 1. The van der Waals surface area contributed by atoms with Crippen LogP contribution in [0.5, 0.6) is 11.5 Å². The first-order chi connectivity index (χ1) is 10.0. The Morgan fingerprint density at radius 3 is 2.19 bits per heavy atom. The molecule has 0 fully saturated rings. The highest BCUT2D eigenvalue weighted by atomic mass is 79.9. The van der Waals surface area contributed by atoms with Gasteiger partial charge in [0.15, 0.2) is 0 Å². The molecule has 1 atom stereocenters. The molecule has 2 aromatic carbocycles. The van der Waals surface area contributed by atoms with Gasteiger partial charge in [-0.05, 0) is 40.2 Å². The molecule has 0 heterocycles. The number of hydrogen-bond donors (Lipinski definition) is 0. The molecule has 2 rings (SSSR count). The smallest absolute Gasteiger partial charge is 0.141 e. The van der Waals surface area contributed by atoms with Gasteiger partial charge < -0.3 is 9.47 Å². The summed E-state index contributed by atoms with van der Waals surface area (Å²) >= 11 is 9.61. The van der Waals surface area contributed by atoms with Gasteiger partial charge in [-0.3, -0.25) is 0 Å². The van der Waals surface area contributed by atoms with Crippen molar-refractivity contribution in [3.63, 3.8) is 0 Å². The van der Waals surface area contributed by atoms with Crippen molar-refractivity contribution in [2.45, 2.75) is 5.38 Å². The van der Waals surface area contributed by atoms with Crippen molar-refractivity contribution in [2.75, 3.05) is 14.2 Å². The number of rotatable bonds is 4. The zero-order chi connectivity index (χ0) is 15.6. The SMILES string of the molecule is COc1ccc(C(Cl)c2c(F)cccc2F)c(OC)c1Br. The van der Waals surface area contributed by atoms with Crippen LogP contribution in [0.3, 0.4) is 0 Å². The van der Waals surface area contributed by atoms with E-state index in [0.717, 1.165) is 0 Å². The topological polar surface area (TPSA) is 18.5 Å². The van der Waals surface area contributed by atoms with Gasteiger partial charge in [0.05, 0.1) is 19.6 Å². The van der Waals surface area contributed by atoms with Crippen LogP contribution in [0.4, 0.5) is 8.78 Å². The van der Waals surface area contributed by atoms with Crippen molar-refractivity contribution in [3.05, 3.63) is 57.6 Å². The van der Waals surface area contributed by atoms with Gasteiger partial charge >= 0.3 is 0 Å². The van der Waals surface area contributed by atoms with E-state index in [0.29, 0.717) is 21.5 Å². The molecule has 0 amide bonds. The number of benzene rings is 2. The van der Waals surface area contributed by atoms with Crippen molar-refractivity contribution < 1.29 is 18.3 Å². The fourth-order valence-electron chi connectivity index (χ4n) is 2.03. The van der Waals surface area contributed by atoms with Crippen molar-refractivity contribution in [2.24, 2.45) is 0 Å². The van der Waals surface area contributed by atoms with Crippen LogP contribution in [0.1, 0.15) is 16.5 Å². The summed E-state index contributed by atoms with van der Waals surface area (Å²) in [7, 11) is 2.96. The highest BCUT2D eigenvalue weighted by Gasteiger charge is 2.25. The summed E-state index contributed by atoms with van der Waals surface area (Å²) in [5.74, 6) is -0.501. The van der Waals surface area contributed by atoms with Crippen LogP contribution in [0, 0.1) is 11.6 Å². The first-order valence-electron chi connectivity index (χ1n) is 5.99. The van der Waals surface area contributed by atoms with Crippen LogP contribution >= 0.6 is 27.5 Å². The van der Waals surface area contributed by atoms with Gasteiger partial charge in [0.25, 0.3) is 0 Å². The molecule has 6 heteroatoms. The van der Waals surface area contributed by atoms with Gasteiger partial charge in [-0.2, -0.15) is 0 Å². The molecule has 21 heavy (non-hydrogen) atoms. The van der Waals surface area contributed by atoms with Crippen LogP contribution in [0.25, 0.3) is 0 Å². The lowest BCUT2D eigenvalue weighted by atomic mass is 10.0. The van der Waals surface area contributed by atoms with E-state index >= 15 is 0 Å². The largest absolute Gasteiger partial charge is 0.495 e. The Hall–Kier alpha value is -1.33. The molecule has 0 saturated heterocycles. The number of methoxy groups -OCH3 is 2. The monoisotopic (exact) mass is 376 g/mol. The second-order valence-corrected chi connectivity index (χ2v) is 5.43. The van der Waals surface area contributed by atoms with Gasteiger partial charge in [-0.25, -0.2) is 8.78 Å². The van der Waals surface area contributed by atoms with Gasteiger partial charge in [-0.15, -0.1) is 11.6 Å². The van der Waals surface area contributed by atoms with Gasteiger partial charge in [0.2, 0.25) is 0 Å². The molecule has 0 spiro atoms. The highest BCUT2D eigenvalue weighted by molar-refractivity contribution is 9.10. The van der Waals surface area contributed by atoms with E-state index < -0.39 is 17.0 Å². The maximum Gasteiger partial charge on any atom is 0.141 e. The Bertz CT molecular complexity index is 644. The first kappa shape index (κ1) is 16.0. The van der Waals surface area contributed by atoms with Crippen molar-refractivity contribution in [1.29, 1.82) is 0 Å². The quantitative estimate of drug-likeness (QED) is 0.692. The zero-order valence-corrected chi connectivity index (χ0v) is 13.6. The summed E-state index contributed by atoms with van der Waals surface area (Å²) < 4.78 is 38.7. The second-order valence-electron chi connectivity index (χ2n) is 4.20. The van der Waals surface area contributed by atoms with Crippen molar-refractivity contribution in [3.8, 4) is 11.5 Å². The lowest BCUT2D eigenvalue weighted by Gasteiger charge is -2.18. The van der Waals surface area contributed by atoms with Crippen LogP contribution in [-0.2, 0) is 0 Å². The van der Waals surface area contributed by atoms with E-state index in [4.69, 9.17) is 21.1 Å². The minimum absolute atomic E-state index is 0.213. The third-order valence-electron chi connectivity index (χ3n) is 3.04. The van der Waals surface area contributed by atoms with E-state index in [9.17, 15) is 8.78 Å². The molecule has 0 aliphatic rings. The Morgan fingerprint density at radius 1 is 1.05 bits per heavy atom. The van der Waals surface area contributed by atoms with Crippen LogP contribution in [0.15, 0.2) is 34.8 Å². The van der Waals surface area contributed by atoms with E-state index in [1.165, 1.54) is 32.4 Å². The molecule has 1 unspecified atom stereocenters. The molecule has 112 valence electrons. The summed E-state index contributed by atoms with van der Waals surface area (Å²) in [6.45, 7) is 0. The van der Waals surface area contributed by atoms with Gasteiger partial charge in [0.1, 0.15) is 27.6 Å². The van der Waals surface area contributed by atoms with Gasteiger partial charge in [0, 0.05) is 11.1 Å². The minimum atomic E-state index is -1.02. The lowest BCUT2D eigenvalue weighted by molar-refractivity contribution is 0.386. The van der Waals surface area contributed by atoms with Gasteiger partial charge in [-0.1, -0.05) is 6.07 Å². The predicted molar refractivity (Wildman–Crippen MR) is 81.3 cm³/mol. The molecule has 0 radical (unpaired) electrons. The molecule has 0 saturated carbocycles. The van der Waals surface area contributed by atoms with E-state index in [2.05, 4.69) is 15.9 Å². The Kier molecular flexibility index (Phi) is 5.06. The molecule has 2 aromatic rings. The normalized spacial score (nSPS) is 12.1. The van der Waals surface area contributed by atoms with Crippen LogP contribution in [-0.4, -0.2) is 14.2 Å². The molecule has 0 aromatic heterocycles. The molecule has 0 aliphatic heterocycles. The molecule has 0 bridgehead atoms. The number of hydrogen-bond acceptors (Lipinski definition) is 2. The van der Waals surface area contributed by atoms with E-state index in [-0.39, 0.29) is 5.56 Å². The van der Waals surface area contributed by atoms with E-state index in [1.54, 1.807) is 12.1 Å². The Balaban J connectivity index is 2.59. The van der Waals surface area contributed by atoms with Crippen LogP contribution < -0.4 is 9.47 Å². The fourth-order valence-corrected chi connectivity index (χ4v) is 3.09. The fraction of sp³-hybridized carbons (Fsp3) is 0.200. The van der Waals surface area contributed by atoms with E-state index in [1.807, 2.05) is 0 Å². The summed E-state index contributed by atoms with van der Waals surface area (Å²) in [6.07, 6.45) is 0. The highest BCUT2D eigenvalue weighted by Crippen LogP contribution is 2.44. The average Bonchev–Trinajstić information content (AvgIpc) is 2.46. The summed E-state index contributed by atoms with van der Waals surface area (Å²) in [5, 5.41) is -1.02. The number of halogens is 4. The summed E-state index contributed by atoms with van der Waals surface area (Å²) in [5.41, 5.74) is 0.227. The second kappa shape index (κ2) is 6.62. The predicted octanol–water partition coefficient (Wildman–Crippen LogP) is 5.07. The van der Waals surface area contributed by atoms with Crippen molar-refractivity contribution in [1.82, 2.24) is 0 Å². The summed E-state index contributed by atoms with van der Waals surface area (Å²) in [4.78, 5) is 0. The minimum Gasteiger partial charge on any atom is -0.495 e. The van der Waals surface area contributed by atoms with Crippen LogP contribution in [0.2, 0.25) is 0 Å². The average molecular weight is 378 g/mol.